The molecule has 1 aromatic carbocycles. The summed E-state index contributed by atoms with van der Waals surface area (Å²) in [7, 11) is 0. The molecule has 0 fully saturated rings. The predicted molar refractivity (Wildman–Crippen MR) is 51.0 cm³/mol. The van der Waals surface area contributed by atoms with Crippen molar-refractivity contribution in [1.29, 1.82) is 0 Å². The number of benzene rings is 1. The minimum absolute atomic E-state index is 0.0165. The van der Waals surface area contributed by atoms with Crippen molar-refractivity contribution < 1.29 is 17.6 Å². The molecule has 0 nitrogen and oxygen atoms in total. The van der Waals surface area contributed by atoms with Crippen molar-refractivity contribution in [2.45, 2.75) is 19.8 Å². The van der Waals surface area contributed by atoms with Crippen LogP contribution < -0.4 is 0 Å². The molecule has 15 heavy (non-hydrogen) atoms. The lowest BCUT2D eigenvalue weighted by Crippen LogP contribution is -2.06. The number of rotatable bonds is 2. The van der Waals surface area contributed by atoms with Crippen LogP contribution in [0.15, 0.2) is 24.8 Å². The molecule has 0 radical (unpaired) electrons. The molecule has 0 aliphatic carbocycles. The van der Waals surface area contributed by atoms with Crippen molar-refractivity contribution >= 4 is 5.57 Å². The Morgan fingerprint density at radius 3 is 2.27 bits per heavy atom. The molecule has 0 bridgehead atoms. The number of hydrogen-bond donors (Lipinski definition) is 0. The van der Waals surface area contributed by atoms with Gasteiger partial charge in [0.2, 0.25) is 0 Å². The van der Waals surface area contributed by atoms with Gasteiger partial charge in [-0.2, -0.15) is 13.2 Å². The molecule has 0 atom stereocenters. The van der Waals surface area contributed by atoms with E-state index in [9.17, 15) is 17.6 Å². The maximum absolute atomic E-state index is 12.4. The number of allylic oxidation sites excluding steroid dienone is 1. The second kappa shape index (κ2) is 4.04. The van der Waals surface area contributed by atoms with Gasteiger partial charge in [0.25, 0.3) is 0 Å². The van der Waals surface area contributed by atoms with Crippen LogP contribution in [0, 0.1) is 0 Å². The summed E-state index contributed by atoms with van der Waals surface area (Å²) in [4.78, 5) is 0. The molecule has 0 aliphatic rings. The quantitative estimate of drug-likeness (QED) is 0.652. The van der Waals surface area contributed by atoms with E-state index in [1.54, 1.807) is 6.92 Å². The van der Waals surface area contributed by atoms with Crippen molar-refractivity contribution in [1.82, 2.24) is 0 Å². The molecule has 4 heteroatoms. The van der Waals surface area contributed by atoms with Gasteiger partial charge in [0, 0.05) is 0 Å². The van der Waals surface area contributed by atoms with Gasteiger partial charge in [-0.15, -0.1) is 0 Å². The van der Waals surface area contributed by atoms with Crippen LogP contribution in [0.25, 0.3) is 5.57 Å². The summed E-state index contributed by atoms with van der Waals surface area (Å²) in [6, 6.07) is 3.16. The largest absolute Gasteiger partial charge is 0.416 e. The van der Waals surface area contributed by atoms with Crippen LogP contribution in [0.5, 0.6) is 0 Å². The van der Waals surface area contributed by atoms with E-state index in [-0.39, 0.29) is 5.56 Å². The zero-order chi connectivity index (χ0) is 11.6. The van der Waals surface area contributed by atoms with E-state index in [0.29, 0.717) is 11.1 Å². The molecule has 0 heterocycles. The van der Waals surface area contributed by atoms with E-state index in [1.807, 2.05) is 0 Å². The Morgan fingerprint density at radius 1 is 1.27 bits per heavy atom. The highest BCUT2D eigenvalue weighted by atomic mass is 19.4. The average Bonchev–Trinajstić information content (AvgIpc) is 2.15. The lowest BCUT2D eigenvalue weighted by atomic mass is 10.0. The smallest absolute Gasteiger partial charge is 0.246 e. The second-order valence-electron chi connectivity index (χ2n) is 3.33. The molecule has 1 aromatic rings. The molecular formula is C11H10F4. The Labute approximate surface area is 85.2 Å². The zero-order valence-corrected chi connectivity index (χ0v) is 8.16. The summed E-state index contributed by atoms with van der Waals surface area (Å²) >= 11 is 0. The average molecular weight is 218 g/mol. The summed E-state index contributed by atoms with van der Waals surface area (Å²) < 4.78 is 49.5. The first kappa shape index (κ1) is 11.8. The Hall–Kier alpha value is -1.32. The number of hydrogen-bond acceptors (Lipinski definition) is 0. The summed E-state index contributed by atoms with van der Waals surface area (Å²) in [6.07, 6.45) is -4.45. The van der Waals surface area contributed by atoms with Crippen molar-refractivity contribution in [3.8, 4) is 0 Å². The zero-order valence-electron chi connectivity index (χ0n) is 8.16. The monoisotopic (exact) mass is 218 g/mol. The summed E-state index contributed by atoms with van der Waals surface area (Å²) in [6.45, 7) is 4.20. The highest BCUT2D eigenvalue weighted by Crippen LogP contribution is 2.32. The Balaban J connectivity index is 3.30. The van der Waals surface area contributed by atoms with Gasteiger partial charge < -0.3 is 0 Å². The van der Waals surface area contributed by atoms with Gasteiger partial charge in [0.05, 0.1) is 5.56 Å². The van der Waals surface area contributed by atoms with E-state index < -0.39 is 18.4 Å². The molecule has 0 spiro atoms. The SMILES string of the molecule is C=C(C)c1cc(CF)cc(C(F)(F)F)c1. The standard InChI is InChI=1S/C11H10F4/c1-7(2)9-3-8(6-12)4-10(5-9)11(13,14)15/h3-5H,1,6H2,2H3. The first-order valence-electron chi connectivity index (χ1n) is 4.27. The summed E-state index contributed by atoms with van der Waals surface area (Å²) in [5, 5.41) is 0. The molecule has 0 amide bonds. The highest BCUT2D eigenvalue weighted by Gasteiger charge is 2.31. The van der Waals surface area contributed by atoms with Crippen molar-refractivity contribution in [2.24, 2.45) is 0 Å². The third-order valence-electron chi connectivity index (χ3n) is 1.97. The first-order chi connectivity index (χ1) is 6.84. The lowest BCUT2D eigenvalue weighted by molar-refractivity contribution is -0.137. The van der Waals surface area contributed by atoms with E-state index in [4.69, 9.17) is 0 Å². The molecule has 82 valence electrons. The topological polar surface area (TPSA) is 0 Å². The van der Waals surface area contributed by atoms with Crippen LogP contribution in [0.2, 0.25) is 0 Å². The highest BCUT2D eigenvalue weighted by molar-refractivity contribution is 5.62. The van der Waals surface area contributed by atoms with Crippen LogP contribution >= 0.6 is 0 Å². The van der Waals surface area contributed by atoms with Crippen molar-refractivity contribution in [3.63, 3.8) is 0 Å². The van der Waals surface area contributed by atoms with E-state index in [1.165, 1.54) is 6.07 Å². The summed E-state index contributed by atoms with van der Waals surface area (Å²) in [5.41, 5.74) is -0.0215. The van der Waals surface area contributed by atoms with Crippen LogP contribution in [0.1, 0.15) is 23.6 Å². The number of halogens is 4. The Bertz CT molecular complexity index is 377. The van der Waals surface area contributed by atoms with Gasteiger partial charge in [-0.25, -0.2) is 4.39 Å². The fourth-order valence-electron chi connectivity index (χ4n) is 1.18. The molecule has 0 aromatic heterocycles. The molecule has 0 aliphatic heterocycles. The fourth-order valence-corrected chi connectivity index (χ4v) is 1.18. The molecule has 0 saturated carbocycles. The van der Waals surface area contributed by atoms with Crippen LogP contribution in [0.3, 0.4) is 0 Å². The predicted octanol–water partition coefficient (Wildman–Crippen LogP) is 4.21. The van der Waals surface area contributed by atoms with Crippen LogP contribution in [0.4, 0.5) is 17.6 Å². The lowest BCUT2D eigenvalue weighted by Gasteiger charge is -2.10. The Morgan fingerprint density at radius 2 is 1.87 bits per heavy atom. The van der Waals surface area contributed by atoms with Crippen LogP contribution in [-0.2, 0) is 12.9 Å². The van der Waals surface area contributed by atoms with Crippen molar-refractivity contribution in [2.75, 3.05) is 0 Å². The van der Waals surface area contributed by atoms with Gasteiger partial charge in [-0.1, -0.05) is 12.2 Å². The second-order valence-corrected chi connectivity index (χ2v) is 3.33. The third kappa shape index (κ3) is 2.81. The minimum Gasteiger partial charge on any atom is -0.246 e. The first-order valence-corrected chi connectivity index (χ1v) is 4.27. The molecule has 0 N–H and O–H groups in total. The maximum atomic E-state index is 12.4. The van der Waals surface area contributed by atoms with Gasteiger partial charge in [-0.3, -0.25) is 0 Å². The van der Waals surface area contributed by atoms with E-state index in [0.717, 1.165) is 12.1 Å². The maximum Gasteiger partial charge on any atom is 0.416 e. The van der Waals surface area contributed by atoms with Gasteiger partial charge in [0.1, 0.15) is 6.67 Å². The normalized spacial score (nSPS) is 11.5. The third-order valence-corrected chi connectivity index (χ3v) is 1.97. The summed E-state index contributed by atoms with van der Waals surface area (Å²) in [5.74, 6) is 0. The fraction of sp³-hybridized carbons (Fsp3) is 0.273. The molecule has 0 unspecified atom stereocenters. The van der Waals surface area contributed by atoms with Crippen molar-refractivity contribution in [3.05, 3.63) is 41.5 Å². The molecular weight excluding hydrogens is 208 g/mol. The molecule has 0 saturated heterocycles. The van der Waals surface area contributed by atoms with E-state index >= 15 is 0 Å². The van der Waals surface area contributed by atoms with Gasteiger partial charge in [-0.05, 0) is 36.2 Å². The van der Waals surface area contributed by atoms with Gasteiger partial charge in [0.15, 0.2) is 0 Å². The minimum atomic E-state index is -4.45. The number of alkyl halides is 4. The van der Waals surface area contributed by atoms with E-state index in [2.05, 4.69) is 6.58 Å². The Kier molecular flexibility index (Phi) is 3.17. The molecule has 1 rings (SSSR count). The van der Waals surface area contributed by atoms with Crippen LogP contribution in [-0.4, -0.2) is 0 Å². The van der Waals surface area contributed by atoms with Gasteiger partial charge >= 0.3 is 6.18 Å².